The maximum absolute atomic E-state index is 13.3. The smallest absolute Gasteiger partial charge is 0.244 e. The molecule has 1 N–H and O–H groups in total. The van der Waals surface area contributed by atoms with Gasteiger partial charge in [0.05, 0.1) is 10.4 Å². The Bertz CT molecular complexity index is 1540. The molecular weight excluding hydrogens is 460 g/mol. The lowest BCUT2D eigenvalue weighted by Crippen LogP contribution is -2.23. The minimum atomic E-state index is -4.09. The maximum atomic E-state index is 13.3. The molecule has 4 rings (SSSR count). The largest absolute Gasteiger partial charge is 0.336 e. The molecule has 0 aliphatic heterocycles. The van der Waals surface area contributed by atoms with Crippen LogP contribution in [0.15, 0.2) is 87.5 Å². The van der Waals surface area contributed by atoms with Gasteiger partial charge in [0.2, 0.25) is 21.2 Å². The number of carbonyl (C=O) groups excluding carboxylic acids is 1. The predicted molar refractivity (Wildman–Crippen MR) is 130 cm³/mol. The first-order valence-corrected chi connectivity index (χ1v) is 12.0. The quantitative estimate of drug-likeness (QED) is 0.447. The number of para-hydroxylation sites is 1. The normalized spacial score (nSPS) is 11.5. The van der Waals surface area contributed by atoms with Crippen molar-refractivity contribution in [3.63, 3.8) is 0 Å². The highest BCUT2D eigenvalue weighted by Crippen LogP contribution is 2.23. The number of benzene rings is 3. The van der Waals surface area contributed by atoms with Crippen LogP contribution < -0.4 is 10.7 Å². The van der Waals surface area contributed by atoms with Crippen molar-refractivity contribution in [3.05, 3.63) is 99.3 Å². The molecule has 0 spiro atoms. The van der Waals surface area contributed by atoms with Crippen molar-refractivity contribution in [2.75, 3.05) is 5.32 Å². The molecule has 0 saturated carbocycles. The molecule has 33 heavy (non-hydrogen) atoms. The predicted octanol–water partition coefficient (Wildman–Crippen LogP) is 4.74. The van der Waals surface area contributed by atoms with Crippen LogP contribution in [0.1, 0.15) is 11.1 Å². The zero-order valence-corrected chi connectivity index (χ0v) is 19.6. The van der Waals surface area contributed by atoms with E-state index in [1.807, 2.05) is 13.8 Å². The average Bonchev–Trinajstić information content (AvgIpc) is 2.78. The molecule has 1 amide bonds. The number of hydrogen-bond donors (Lipinski definition) is 1. The number of aryl methyl sites for hydroxylation is 2. The van der Waals surface area contributed by atoms with Crippen LogP contribution in [-0.2, 0) is 21.2 Å². The SMILES string of the molecule is Cc1ccc(S(=O)(=O)c2cn(CC(=O)Nc3ccc(C)c(Cl)c3)c3ccccc3c2=O)cc1. The topological polar surface area (TPSA) is 85.2 Å². The highest BCUT2D eigenvalue weighted by atomic mass is 35.5. The average molecular weight is 481 g/mol. The molecule has 0 bridgehead atoms. The number of carbonyl (C=O) groups is 1. The molecule has 1 heterocycles. The second kappa shape index (κ2) is 8.84. The zero-order valence-electron chi connectivity index (χ0n) is 18.0. The monoisotopic (exact) mass is 480 g/mol. The molecule has 0 saturated heterocycles. The van der Waals surface area contributed by atoms with Gasteiger partial charge in [-0.05, 0) is 55.8 Å². The summed E-state index contributed by atoms with van der Waals surface area (Å²) in [5.74, 6) is -0.387. The van der Waals surface area contributed by atoms with E-state index >= 15 is 0 Å². The summed E-state index contributed by atoms with van der Waals surface area (Å²) in [6, 6.07) is 18.1. The standard InChI is InChI=1S/C25H21ClN2O4S/c1-16-7-11-19(12-8-16)33(31,32)23-14-28(22-6-4-3-5-20(22)25(23)30)15-24(29)27-18-10-9-17(2)21(26)13-18/h3-14H,15H2,1-2H3,(H,27,29). The fourth-order valence-corrected chi connectivity index (χ4v) is 5.06. The molecule has 6 nitrogen and oxygen atoms in total. The van der Waals surface area contributed by atoms with Gasteiger partial charge in [0.25, 0.3) is 0 Å². The Morgan fingerprint density at radius 1 is 1.00 bits per heavy atom. The van der Waals surface area contributed by atoms with Gasteiger partial charge in [-0.2, -0.15) is 0 Å². The van der Waals surface area contributed by atoms with Crippen molar-refractivity contribution in [2.24, 2.45) is 0 Å². The van der Waals surface area contributed by atoms with E-state index in [1.165, 1.54) is 22.9 Å². The minimum Gasteiger partial charge on any atom is -0.336 e. The summed E-state index contributed by atoms with van der Waals surface area (Å²) < 4.78 is 28.0. The number of rotatable bonds is 5. The fraction of sp³-hybridized carbons (Fsp3) is 0.120. The third-order valence-electron chi connectivity index (χ3n) is 5.35. The molecule has 0 aliphatic rings. The summed E-state index contributed by atoms with van der Waals surface area (Å²) in [5, 5.41) is 3.50. The van der Waals surface area contributed by atoms with Gasteiger partial charge in [-0.15, -0.1) is 0 Å². The lowest BCUT2D eigenvalue weighted by molar-refractivity contribution is -0.116. The minimum absolute atomic E-state index is 0.0192. The molecule has 0 unspecified atom stereocenters. The van der Waals surface area contributed by atoms with E-state index in [0.717, 1.165) is 11.1 Å². The van der Waals surface area contributed by atoms with Gasteiger partial charge in [-0.3, -0.25) is 9.59 Å². The van der Waals surface area contributed by atoms with Crippen molar-refractivity contribution >= 4 is 43.9 Å². The molecule has 8 heteroatoms. The van der Waals surface area contributed by atoms with Crippen LogP contribution in [0.25, 0.3) is 10.9 Å². The number of hydrogen-bond acceptors (Lipinski definition) is 4. The fourth-order valence-electron chi connectivity index (χ4n) is 3.51. The number of amides is 1. The van der Waals surface area contributed by atoms with E-state index in [0.29, 0.717) is 16.2 Å². The van der Waals surface area contributed by atoms with Crippen molar-refractivity contribution in [3.8, 4) is 0 Å². The summed E-state index contributed by atoms with van der Waals surface area (Å²) in [4.78, 5) is 25.5. The first-order valence-electron chi connectivity index (χ1n) is 10.2. The van der Waals surface area contributed by atoms with Gasteiger partial charge in [-0.25, -0.2) is 8.42 Å². The van der Waals surface area contributed by atoms with E-state index in [4.69, 9.17) is 11.6 Å². The molecule has 4 aromatic rings. The molecule has 0 fully saturated rings. The van der Waals surface area contributed by atoms with Crippen LogP contribution in [0.2, 0.25) is 5.02 Å². The van der Waals surface area contributed by atoms with Gasteiger partial charge in [-0.1, -0.05) is 47.5 Å². The summed E-state index contributed by atoms with van der Waals surface area (Å²) in [6.45, 7) is 3.51. The van der Waals surface area contributed by atoms with Gasteiger partial charge in [0, 0.05) is 22.3 Å². The number of pyridine rings is 1. The second-order valence-corrected chi connectivity index (χ2v) is 10.1. The first-order chi connectivity index (χ1) is 15.7. The molecule has 3 aromatic carbocycles. The summed E-state index contributed by atoms with van der Waals surface area (Å²) in [7, 11) is -4.09. The molecule has 0 radical (unpaired) electrons. The molecule has 0 aliphatic carbocycles. The summed E-state index contributed by atoms with van der Waals surface area (Å²) in [5.41, 5.74) is 2.16. The number of nitrogens with one attached hydrogen (secondary N) is 1. The van der Waals surface area contributed by atoms with E-state index in [1.54, 1.807) is 54.6 Å². The molecule has 1 aromatic heterocycles. The van der Waals surface area contributed by atoms with E-state index in [2.05, 4.69) is 5.32 Å². The van der Waals surface area contributed by atoms with Crippen LogP contribution in [0, 0.1) is 13.8 Å². The van der Waals surface area contributed by atoms with Gasteiger partial charge in [0.15, 0.2) is 0 Å². The second-order valence-electron chi connectivity index (χ2n) is 7.80. The Balaban J connectivity index is 1.77. The summed E-state index contributed by atoms with van der Waals surface area (Å²) >= 11 is 6.13. The lowest BCUT2D eigenvalue weighted by Gasteiger charge is -2.14. The Kier molecular flexibility index (Phi) is 6.10. The van der Waals surface area contributed by atoms with E-state index in [9.17, 15) is 18.0 Å². The van der Waals surface area contributed by atoms with Crippen LogP contribution in [0.3, 0.4) is 0 Å². The van der Waals surface area contributed by atoms with Gasteiger partial charge >= 0.3 is 0 Å². The van der Waals surface area contributed by atoms with Crippen molar-refractivity contribution in [1.82, 2.24) is 4.57 Å². The van der Waals surface area contributed by atoms with Gasteiger partial charge < -0.3 is 9.88 Å². The number of fused-ring (bicyclic) bond motifs is 1. The van der Waals surface area contributed by atoms with Crippen molar-refractivity contribution in [1.29, 1.82) is 0 Å². The van der Waals surface area contributed by atoms with Crippen molar-refractivity contribution in [2.45, 2.75) is 30.2 Å². The van der Waals surface area contributed by atoms with Crippen molar-refractivity contribution < 1.29 is 13.2 Å². The Morgan fingerprint density at radius 2 is 1.70 bits per heavy atom. The van der Waals surface area contributed by atoms with Gasteiger partial charge in [0.1, 0.15) is 11.4 Å². The third kappa shape index (κ3) is 4.55. The van der Waals surface area contributed by atoms with Crippen LogP contribution >= 0.6 is 11.6 Å². The highest BCUT2D eigenvalue weighted by Gasteiger charge is 2.24. The van der Waals surface area contributed by atoms with Crippen LogP contribution in [-0.4, -0.2) is 18.9 Å². The third-order valence-corrected chi connectivity index (χ3v) is 7.52. The Labute approximate surface area is 196 Å². The number of sulfone groups is 1. The number of aromatic nitrogens is 1. The first kappa shape index (κ1) is 22.8. The molecule has 168 valence electrons. The van der Waals surface area contributed by atoms with E-state index in [-0.39, 0.29) is 27.6 Å². The van der Waals surface area contributed by atoms with Crippen LogP contribution in [0.5, 0.6) is 0 Å². The van der Waals surface area contributed by atoms with E-state index < -0.39 is 15.3 Å². The Morgan fingerprint density at radius 3 is 2.39 bits per heavy atom. The number of halogens is 1. The van der Waals surface area contributed by atoms with Crippen LogP contribution in [0.4, 0.5) is 5.69 Å². The molecule has 0 atom stereocenters. The maximum Gasteiger partial charge on any atom is 0.244 e. The molecular formula is C25H21ClN2O4S. The number of nitrogens with zero attached hydrogens (tertiary/aromatic N) is 1. The summed E-state index contributed by atoms with van der Waals surface area (Å²) in [6.07, 6.45) is 1.24. The lowest BCUT2D eigenvalue weighted by atomic mass is 10.2. The zero-order chi connectivity index (χ0) is 23.8. The number of anilines is 1. The Hall–Kier alpha value is -3.42. The highest BCUT2D eigenvalue weighted by molar-refractivity contribution is 7.91.